The van der Waals surface area contributed by atoms with Gasteiger partial charge in [0.15, 0.2) is 0 Å². The summed E-state index contributed by atoms with van der Waals surface area (Å²) in [5.41, 5.74) is 2.15. The number of rotatable bonds is 4. The summed E-state index contributed by atoms with van der Waals surface area (Å²) < 4.78 is 2.06. The molecule has 2 aromatic rings. The van der Waals surface area contributed by atoms with Gasteiger partial charge >= 0.3 is 0 Å². The number of thiocarbonyl (C=S) groups is 1. The number of carbonyl (C=O) groups excluding carboxylic acids is 1. The van der Waals surface area contributed by atoms with E-state index in [9.17, 15) is 14.9 Å². The zero-order valence-corrected chi connectivity index (χ0v) is 19.8. The first kappa shape index (κ1) is 22.3. The molecule has 32 heavy (non-hydrogen) atoms. The minimum absolute atomic E-state index is 0.110. The first-order chi connectivity index (χ1) is 15.4. The molecule has 0 aliphatic carbocycles. The van der Waals surface area contributed by atoms with Gasteiger partial charge in [0.25, 0.3) is 11.5 Å². The van der Waals surface area contributed by atoms with Crippen LogP contribution in [0.1, 0.15) is 41.5 Å². The highest BCUT2D eigenvalue weighted by Crippen LogP contribution is 2.36. The number of thioether (sulfide) groups is 1. The van der Waals surface area contributed by atoms with E-state index in [1.807, 2.05) is 36.4 Å². The molecule has 0 unspecified atom stereocenters. The third kappa shape index (κ3) is 4.10. The molecule has 6 nitrogen and oxygen atoms in total. The van der Waals surface area contributed by atoms with Gasteiger partial charge in [0, 0.05) is 25.7 Å². The van der Waals surface area contributed by atoms with Gasteiger partial charge in [-0.15, -0.1) is 0 Å². The van der Waals surface area contributed by atoms with E-state index in [4.69, 9.17) is 12.2 Å². The van der Waals surface area contributed by atoms with E-state index < -0.39 is 0 Å². The second kappa shape index (κ2) is 9.31. The van der Waals surface area contributed by atoms with Crippen molar-refractivity contribution in [3.05, 3.63) is 67.8 Å². The molecule has 0 spiro atoms. The molecule has 0 N–H and O–H groups in total. The summed E-state index contributed by atoms with van der Waals surface area (Å²) in [5, 5.41) is 9.61. The Bertz CT molecular complexity index is 1210. The molecule has 2 saturated heterocycles. The number of hydrogen-bond donors (Lipinski definition) is 0. The molecule has 4 rings (SSSR count). The van der Waals surface area contributed by atoms with Gasteiger partial charge in [-0.1, -0.05) is 54.3 Å². The Labute approximate surface area is 197 Å². The lowest BCUT2D eigenvalue weighted by molar-refractivity contribution is -0.122. The first-order valence-electron chi connectivity index (χ1n) is 10.6. The maximum atomic E-state index is 13.2. The van der Waals surface area contributed by atoms with Crippen LogP contribution in [0.2, 0.25) is 0 Å². The normalized spacial score (nSPS) is 17.8. The van der Waals surface area contributed by atoms with Gasteiger partial charge in [0.1, 0.15) is 21.8 Å². The van der Waals surface area contributed by atoms with E-state index in [1.54, 1.807) is 23.4 Å². The van der Waals surface area contributed by atoms with Gasteiger partial charge in [-0.2, -0.15) is 5.26 Å². The molecule has 2 aliphatic rings. The minimum Gasteiger partial charge on any atom is -0.357 e. The van der Waals surface area contributed by atoms with Crippen molar-refractivity contribution >= 4 is 46.1 Å². The van der Waals surface area contributed by atoms with Gasteiger partial charge < -0.3 is 4.90 Å². The minimum atomic E-state index is -0.306. The fourth-order valence-electron chi connectivity index (χ4n) is 4.23. The SMILES string of the molecule is Cc1c(/C=C2\SC(=S)N(Cc3ccccc3)C2=O)c(N2CCCCC2)n(C)c(=O)c1C#N. The summed E-state index contributed by atoms with van der Waals surface area (Å²) >= 11 is 6.77. The Kier molecular flexibility index (Phi) is 6.49. The molecule has 3 heterocycles. The average Bonchev–Trinajstić information content (AvgIpc) is 3.06. The predicted octanol–water partition coefficient (Wildman–Crippen LogP) is 3.96. The molecule has 0 bridgehead atoms. The third-order valence-corrected chi connectivity index (χ3v) is 7.33. The van der Waals surface area contributed by atoms with E-state index in [0.717, 1.165) is 49.3 Å². The number of benzene rings is 1. The van der Waals surface area contributed by atoms with Crippen LogP contribution < -0.4 is 10.5 Å². The van der Waals surface area contributed by atoms with Crippen molar-refractivity contribution < 1.29 is 4.79 Å². The van der Waals surface area contributed by atoms with E-state index >= 15 is 0 Å². The van der Waals surface area contributed by atoms with Crippen LogP contribution >= 0.6 is 24.0 Å². The number of carbonyl (C=O) groups is 1. The Morgan fingerprint density at radius 3 is 2.50 bits per heavy atom. The van der Waals surface area contributed by atoms with Crippen LogP contribution in [0.4, 0.5) is 5.82 Å². The van der Waals surface area contributed by atoms with Gasteiger partial charge in [-0.3, -0.25) is 19.1 Å². The lowest BCUT2D eigenvalue weighted by atomic mass is 10.0. The number of amides is 1. The number of nitriles is 1. The fourth-order valence-corrected chi connectivity index (χ4v) is 5.47. The highest BCUT2D eigenvalue weighted by Gasteiger charge is 2.33. The number of hydrogen-bond acceptors (Lipinski definition) is 6. The summed E-state index contributed by atoms with van der Waals surface area (Å²) in [7, 11) is 1.70. The zero-order chi connectivity index (χ0) is 22.8. The van der Waals surface area contributed by atoms with Gasteiger partial charge in [-0.25, -0.2) is 0 Å². The van der Waals surface area contributed by atoms with E-state index in [-0.39, 0.29) is 17.0 Å². The standard InChI is InChI=1S/C24H24N4O2S2/c1-16-18(21(27-11-7-4-8-12-27)26(2)22(29)19(16)14-25)13-20-23(30)28(24(31)32-20)15-17-9-5-3-6-10-17/h3,5-6,9-10,13H,4,7-8,11-12,15H2,1-2H3/b20-13-. The Morgan fingerprint density at radius 1 is 1.16 bits per heavy atom. The van der Waals surface area contributed by atoms with Gasteiger partial charge in [0.2, 0.25) is 0 Å². The van der Waals surface area contributed by atoms with Crippen molar-refractivity contribution in [3.8, 4) is 6.07 Å². The topological polar surface area (TPSA) is 69.3 Å². The first-order valence-corrected chi connectivity index (χ1v) is 11.8. The molecule has 164 valence electrons. The van der Waals surface area contributed by atoms with E-state index in [1.165, 1.54) is 11.8 Å². The fraction of sp³-hybridized carbons (Fsp3) is 0.333. The molecule has 2 aliphatic heterocycles. The zero-order valence-electron chi connectivity index (χ0n) is 18.1. The largest absolute Gasteiger partial charge is 0.357 e. The Morgan fingerprint density at radius 2 is 1.84 bits per heavy atom. The molecule has 0 atom stereocenters. The Hall–Kier alpha value is -2.89. The third-order valence-electron chi connectivity index (χ3n) is 5.96. The van der Waals surface area contributed by atoms with Crippen LogP contribution in [0.5, 0.6) is 0 Å². The van der Waals surface area contributed by atoms with E-state index in [2.05, 4.69) is 11.0 Å². The lowest BCUT2D eigenvalue weighted by Crippen LogP contribution is -2.36. The molecule has 8 heteroatoms. The molecule has 1 aromatic carbocycles. The van der Waals surface area contributed by atoms with Gasteiger partial charge in [-0.05, 0) is 43.4 Å². The van der Waals surface area contributed by atoms with Crippen molar-refractivity contribution in [2.75, 3.05) is 18.0 Å². The molecule has 1 amide bonds. The summed E-state index contributed by atoms with van der Waals surface area (Å²) in [6, 6.07) is 11.8. The van der Waals surface area contributed by atoms with Crippen molar-refractivity contribution in [3.63, 3.8) is 0 Å². The summed E-state index contributed by atoms with van der Waals surface area (Å²) in [4.78, 5) is 30.4. The summed E-state index contributed by atoms with van der Waals surface area (Å²) in [6.07, 6.45) is 5.06. The molecular weight excluding hydrogens is 440 g/mol. The highest BCUT2D eigenvalue weighted by atomic mass is 32.2. The summed E-state index contributed by atoms with van der Waals surface area (Å²) in [5.74, 6) is 0.611. The second-order valence-corrected chi connectivity index (χ2v) is 9.69. The van der Waals surface area contributed by atoms with E-state index in [0.29, 0.717) is 21.3 Å². The van der Waals surface area contributed by atoms with Crippen LogP contribution in [0.15, 0.2) is 40.0 Å². The summed E-state index contributed by atoms with van der Waals surface area (Å²) in [6.45, 7) is 3.88. The molecule has 1 aromatic heterocycles. The Balaban J connectivity index is 1.78. The number of pyridine rings is 1. The quantitative estimate of drug-likeness (QED) is 0.504. The van der Waals surface area contributed by atoms with Crippen molar-refractivity contribution in [1.82, 2.24) is 9.47 Å². The van der Waals surface area contributed by atoms with Gasteiger partial charge in [0.05, 0.1) is 11.4 Å². The van der Waals surface area contributed by atoms with Crippen LogP contribution in [0, 0.1) is 18.3 Å². The highest BCUT2D eigenvalue weighted by molar-refractivity contribution is 8.26. The predicted molar refractivity (Wildman–Crippen MR) is 132 cm³/mol. The van der Waals surface area contributed by atoms with Crippen molar-refractivity contribution in [2.24, 2.45) is 7.05 Å². The number of aromatic nitrogens is 1. The maximum absolute atomic E-state index is 13.2. The maximum Gasteiger partial charge on any atom is 0.270 e. The molecule has 0 saturated carbocycles. The number of piperidine rings is 1. The van der Waals surface area contributed by atoms with Crippen LogP contribution in [0.3, 0.4) is 0 Å². The molecule has 2 fully saturated rings. The number of anilines is 1. The van der Waals surface area contributed by atoms with Crippen molar-refractivity contribution in [1.29, 1.82) is 5.26 Å². The molecule has 0 radical (unpaired) electrons. The second-order valence-electron chi connectivity index (χ2n) is 8.01. The van der Waals surface area contributed by atoms with Crippen LogP contribution in [-0.4, -0.2) is 32.8 Å². The lowest BCUT2D eigenvalue weighted by Gasteiger charge is -2.32. The average molecular weight is 465 g/mol. The van der Waals surface area contributed by atoms with Crippen LogP contribution in [-0.2, 0) is 18.4 Å². The van der Waals surface area contributed by atoms with Crippen molar-refractivity contribution in [2.45, 2.75) is 32.7 Å². The monoisotopic (exact) mass is 464 g/mol. The smallest absolute Gasteiger partial charge is 0.270 e. The molecular formula is C24H24N4O2S2. The number of nitrogens with zero attached hydrogens (tertiary/aromatic N) is 4. The van der Waals surface area contributed by atoms with Crippen LogP contribution in [0.25, 0.3) is 6.08 Å².